The molecule has 0 aliphatic carbocycles. The highest BCUT2D eigenvalue weighted by Gasteiger charge is 2.20. The van der Waals surface area contributed by atoms with Gasteiger partial charge in [-0.2, -0.15) is 5.10 Å². The van der Waals surface area contributed by atoms with Gasteiger partial charge in [0.2, 0.25) is 0 Å². The molecule has 2 aromatic rings. The summed E-state index contributed by atoms with van der Waals surface area (Å²) >= 11 is 0. The summed E-state index contributed by atoms with van der Waals surface area (Å²) in [7, 11) is 0. The molecule has 2 rings (SSSR count). The molecule has 1 unspecified atom stereocenters. The Morgan fingerprint density at radius 1 is 1.30 bits per heavy atom. The van der Waals surface area contributed by atoms with E-state index in [4.69, 9.17) is 0 Å². The Balaban J connectivity index is 2.31. The number of hydrogen-bond acceptors (Lipinski definition) is 6. The predicted molar refractivity (Wildman–Crippen MR) is 70.4 cm³/mol. The van der Waals surface area contributed by atoms with Crippen LogP contribution in [0.3, 0.4) is 0 Å². The van der Waals surface area contributed by atoms with Gasteiger partial charge in [-0.05, 0) is 13.0 Å². The number of nitro groups is 2. The maximum Gasteiger partial charge on any atom is 0.299 e. The van der Waals surface area contributed by atoms with Crippen LogP contribution in [0.5, 0.6) is 0 Å². The SMILES string of the molecule is CC(Nc1ccc([N+](=O)[O-])cc1[N+](=O)[O-])c1cn[nH]c1. The zero-order chi connectivity index (χ0) is 14.7. The van der Waals surface area contributed by atoms with Crippen molar-refractivity contribution >= 4 is 17.1 Å². The number of hydrogen-bond donors (Lipinski definition) is 2. The molecule has 1 aromatic heterocycles. The van der Waals surface area contributed by atoms with Crippen LogP contribution in [-0.4, -0.2) is 20.0 Å². The second-order valence-corrected chi connectivity index (χ2v) is 4.11. The maximum absolute atomic E-state index is 11.0. The number of non-ortho nitro benzene ring substituents is 1. The average Bonchev–Trinajstić information content (AvgIpc) is 2.92. The van der Waals surface area contributed by atoms with E-state index in [2.05, 4.69) is 15.5 Å². The topological polar surface area (TPSA) is 127 Å². The van der Waals surface area contributed by atoms with E-state index < -0.39 is 9.85 Å². The number of anilines is 1. The summed E-state index contributed by atoms with van der Waals surface area (Å²) in [5, 5.41) is 31.0. The summed E-state index contributed by atoms with van der Waals surface area (Å²) in [4.78, 5) is 20.3. The van der Waals surface area contributed by atoms with Gasteiger partial charge in [0.15, 0.2) is 0 Å². The van der Waals surface area contributed by atoms with Gasteiger partial charge in [0.25, 0.3) is 11.4 Å². The van der Waals surface area contributed by atoms with Crippen LogP contribution in [0.25, 0.3) is 0 Å². The lowest BCUT2D eigenvalue weighted by Crippen LogP contribution is -2.08. The number of benzene rings is 1. The first-order valence-electron chi connectivity index (χ1n) is 5.67. The van der Waals surface area contributed by atoms with Gasteiger partial charge in [0.05, 0.1) is 28.2 Å². The van der Waals surface area contributed by atoms with Gasteiger partial charge >= 0.3 is 0 Å². The Kier molecular flexibility index (Phi) is 3.60. The first-order valence-corrected chi connectivity index (χ1v) is 5.67. The van der Waals surface area contributed by atoms with Gasteiger partial charge in [-0.25, -0.2) is 0 Å². The number of rotatable bonds is 5. The molecule has 0 amide bonds. The first kappa shape index (κ1) is 13.5. The normalized spacial score (nSPS) is 11.8. The smallest absolute Gasteiger partial charge is 0.299 e. The van der Waals surface area contributed by atoms with Gasteiger partial charge in [0.1, 0.15) is 5.69 Å². The third-order valence-corrected chi connectivity index (χ3v) is 2.78. The minimum atomic E-state index is -0.670. The van der Waals surface area contributed by atoms with Crippen LogP contribution in [0.1, 0.15) is 18.5 Å². The van der Waals surface area contributed by atoms with Crippen LogP contribution in [0.2, 0.25) is 0 Å². The van der Waals surface area contributed by atoms with Crippen molar-refractivity contribution < 1.29 is 9.85 Å². The minimum Gasteiger partial charge on any atom is -0.373 e. The minimum absolute atomic E-state index is 0.217. The quantitative estimate of drug-likeness (QED) is 0.638. The van der Waals surface area contributed by atoms with E-state index in [9.17, 15) is 20.2 Å². The lowest BCUT2D eigenvalue weighted by atomic mass is 10.1. The standard InChI is InChI=1S/C11H11N5O4/c1-7(8-5-12-13-6-8)14-10-3-2-9(15(17)18)4-11(10)16(19)20/h2-7,14H,1H3,(H,12,13). The molecule has 1 heterocycles. The lowest BCUT2D eigenvalue weighted by Gasteiger charge is -2.13. The number of aromatic nitrogens is 2. The van der Waals surface area contributed by atoms with Crippen molar-refractivity contribution in [2.45, 2.75) is 13.0 Å². The number of H-pyrrole nitrogens is 1. The number of nitrogens with zero attached hydrogens (tertiary/aromatic N) is 3. The van der Waals surface area contributed by atoms with Crippen LogP contribution < -0.4 is 5.32 Å². The fraction of sp³-hybridized carbons (Fsp3) is 0.182. The van der Waals surface area contributed by atoms with Crippen LogP contribution in [0.15, 0.2) is 30.6 Å². The summed E-state index contributed by atoms with van der Waals surface area (Å²) in [6.45, 7) is 1.80. The fourth-order valence-corrected chi connectivity index (χ4v) is 1.72. The van der Waals surface area contributed by atoms with Crippen molar-refractivity contribution in [2.24, 2.45) is 0 Å². The fourth-order valence-electron chi connectivity index (χ4n) is 1.72. The molecule has 2 N–H and O–H groups in total. The van der Waals surface area contributed by atoms with Crippen LogP contribution in [0, 0.1) is 20.2 Å². The Hall–Kier alpha value is -2.97. The van der Waals surface area contributed by atoms with E-state index in [-0.39, 0.29) is 23.1 Å². The van der Waals surface area contributed by atoms with Crippen molar-refractivity contribution in [1.29, 1.82) is 0 Å². The third kappa shape index (κ3) is 2.71. The Morgan fingerprint density at radius 3 is 2.60 bits per heavy atom. The zero-order valence-electron chi connectivity index (χ0n) is 10.4. The predicted octanol–water partition coefficient (Wildman–Crippen LogP) is 2.40. The van der Waals surface area contributed by atoms with E-state index >= 15 is 0 Å². The van der Waals surface area contributed by atoms with Gasteiger partial charge in [0, 0.05) is 17.8 Å². The molecule has 0 saturated heterocycles. The Labute approximate surface area is 112 Å². The second kappa shape index (κ2) is 5.34. The molecule has 0 spiro atoms. The summed E-state index contributed by atoms with van der Waals surface area (Å²) in [6.07, 6.45) is 3.25. The van der Waals surface area contributed by atoms with Gasteiger partial charge < -0.3 is 5.32 Å². The summed E-state index contributed by atoms with van der Waals surface area (Å²) in [5.74, 6) is 0. The molecular formula is C11H11N5O4. The van der Waals surface area contributed by atoms with Gasteiger partial charge in [-0.15, -0.1) is 0 Å². The van der Waals surface area contributed by atoms with Gasteiger partial charge in [-0.3, -0.25) is 25.3 Å². The van der Waals surface area contributed by atoms with Crippen LogP contribution in [0.4, 0.5) is 17.1 Å². The largest absolute Gasteiger partial charge is 0.373 e. The molecule has 1 aromatic carbocycles. The molecule has 0 saturated carbocycles. The molecule has 0 radical (unpaired) electrons. The van der Waals surface area contributed by atoms with E-state index in [1.165, 1.54) is 12.1 Å². The highest BCUT2D eigenvalue weighted by molar-refractivity contribution is 5.65. The number of nitro benzene ring substituents is 2. The van der Waals surface area contributed by atoms with Crippen LogP contribution in [-0.2, 0) is 0 Å². The second-order valence-electron chi connectivity index (χ2n) is 4.11. The van der Waals surface area contributed by atoms with Crippen molar-refractivity contribution in [3.05, 3.63) is 56.4 Å². The first-order chi connectivity index (χ1) is 9.49. The molecule has 9 nitrogen and oxygen atoms in total. The third-order valence-electron chi connectivity index (χ3n) is 2.78. The molecule has 9 heteroatoms. The molecule has 0 aliphatic rings. The van der Waals surface area contributed by atoms with E-state index in [1.807, 2.05) is 0 Å². The van der Waals surface area contributed by atoms with Crippen molar-refractivity contribution in [3.63, 3.8) is 0 Å². The van der Waals surface area contributed by atoms with E-state index in [0.717, 1.165) is 11.6 Å². The van der Waals surface area contributed by atoms with Gasteiger partial charge in [-0.1, -0.05) is 0 Å². The van der Waals surface area contributed by atoms with E-state index in [1.54, 1.807) is 19.3 Å². The number of aromatic amines is 1. The molecule has 0 fully saturated rings. The van der Waals surface area contributed by atoms with Crippen molar-refractivity contribution in [1.82, 2.24) is 10.2 Å². The molecule has 0 bridgehead atoms. The lowest BCUT2D eigenvalue weighted by molar-refractivity contribution is -0.393. The molecule has 20 heavy (non-hydrogen) atoms. The number of nitrogens with one attached hydrogen (secondary N) is 2. The Bertz CT molecular complexity index is 640. The maximum atomic E-state index is 11.0. The molecular weight excluding hydrogens is 266 g/mol. The van der Waals surface area contributed by atoms with E-state index in [0.29, 0.717) is 0 Å². The molecule has 104 valence electrons. The summed E-state index contributed by atoms with van der Waals surface area (Å²) in [5.41, 5.74) is 0.375. The zero-order valence-corrected chi connectivity index (χ0v) is 10.4. The highest BCUT2D eigenvalue weighted by Crippen LogP contribution is 2.31. The highest BCUT2D eigenvalue weighted by atomic mass is 16.6. The van der Waals surface area contributed by atoms with Crippen LogP contribution >= 0.6 is 0 Å². The summed E-state index contributed by atoms with van der Waals surface area (Å²) < 4.78 is 0. The average molecular weight is 277 g/mol. The van der Waals surface area contributed by atoms with Crippen molar-refractivity contribution in [3.8, 4) is 0 Å². The Morgan fingerprint density at radius 2 is 2.05 bits per heavy atom. The molecule has 0 aliphatic heterocycles. The molecule has 1 atom stereocenters. The monoisotopic (exact) mass is 277 g/mol. The van der Waals surface area contributed by atoms with Crippen molar-refractivity contribution in [2.75, 3.05) is 5.32 Å². The summed E-state index contributed by atoms with van der Waals surface area (Å²) in [6, 6.07) is 3.25.